The zero-order valence-corrected chi connectivity index (χ0v) is 13.5. The summed E-state index contributed by atoms with van der Waals surface area (Å²) in [5.74, 6) is -0.416. The third-order valence-electron chi connectivity index (χ3n) is 4.07. The average molecular weight is 382 g/mol. The zero-order chi connectivity index (χ0) is 19.4. The minimum Gasteiger partial charge on any atom is -0.394 e. The lowest BCUT2D eigenvalue weighted by atomic mass is 9.98. The third kappa shape index (κ3) is 2.35. The monoisotopic (exact) mass is 382 g/mol. The molecule has 0 spiro atoms. The number of rotatable bonds is 0. The van der Waals surface area contributed by atoms with Crippen LogP contribution in [0.5, 0.6) is 23.0 Å². The maximum Gasteiger partial charge on any atom is 0.524 e. The first-order chi connectivity index (χ1) is 13.5. The van der Waals surface area contributed by atoms with E-state index in [1.807, 2.05) is 0 Å². The Morgan fingerprint density at radius 2 is 1.14 bits per heavy atom. The average Bonchev–Trinajstić information content (AvgIpc) is 2.77. The normalized spacial score (nSPS) is 15.7. The summed E-state index contributed by atoms with van der Waals surface area (Å²) in [6, 6.07) is 9.41. The predicted molar refractivity (Wildman–Crippen MR) is 87.7 cm³/mol. The largest absolute Gasteiger partial charge is 0.524 e. The van der Waals surface area contributed by atoms with Gasteiger partial charge in [-0.05, 0) is 11.5 Å². The fourth-order valence-electron chi connectivity index (χ4n) is 3.10. The predicted octanol–water partition coefficient (Wildman–Crippen LogP) is 4.05. The SMILES string of the molecule is O=C1OC(=O)Oc2cc(cc3c2c2c(c4ccccc43)OC(=O)OC(=O)O2)O1. The van der Waals surface area contributed by atoms with Crippen molar-refractivity contribution in [2.24, 2.45) is 0 Å². The molecule has 0 atom stereocenters. The van der Waals surface area contributed by atoms with Gasteiger partial charge in [0.05, 0.1) is 5.39 Å². The van der Waals surface area contributed by atoms with Gasteiger partial charge < -0.3 is 28.4 Å². The summed E-state index contributed by atoms with van der Waals surface area (Å²) in [5.41, 5.74) is 0. The lowest BCUT2D eigenvalue weighted by Gasteiger charge is -2.17. The zero-order valence-electron chi connectivity index (χ0n) is 13.5. The van der Waals surface area contributed by atoms with Crippen molar-refractivity contribution < 1.29 is 47.6 Å². The van der Waals surface area contributed by atoms with Crippen LogP contribution in [0, 0.1) is 0 Å². The molecule has 0 saturated carbocycles. The van der Waals surface area contributed by atoms with Crippen LogP contribution in [0.15, 0.2) is 36.4 Å². The number of hydrogen-bond donors (Lipinski definition) is 0. The fourth-order valence-corrected chi connectivity index (χ4v) is 3.10. The standard InChI is InChI=1S/C18H6O10/c19-15-23-7-5-10-8-3-1-2-4-9(8)13-14(26-18(22)28-17(21)25-13)12(10)11(6-7)24-16(20)27-15/h1-6H. The first-order valence-electron chi connectivity index (χ1n) is 7.75. The summed E-state index contributed by atoms with van der Waals surface area (Å²) >= 11 is 0. The summed E-state index contributed by atoms with van der Waals surface area (Å²) < 4.78 is 29.0. The van der Waals surface area contributed by atoms with Gasteiger partial charge in [0.25, 0.3) is 0 Å². The van der Waals surface area contributed by atoms with E-state index in [2.05, 4.69) is 9.47 Å². The number of cyclic esters (lactones) is 4. The maximum absolute atomic E-state index is 11.8. The van der Waals surface area contributed by atoms with E-state index in [0.29, 0.717) is 16.2 Å². The molecule has 2 aliphatic rings. The van der Waals surface area contributed by atoms with E-state index < -0.39 is 24.6 Å². The maximum atomic E-state index is 11.8. The number of carbonyl (C=O) groups is 4. The van der Waals surface area contributed by atoms with E-state index in [1.165, 1.54) is 12.1 Å². The van der Waals surface area contributed by atoms with Crippen molar-refractivity contribution in [3.8, 4) is 23.0 Å². The topological polar surface area (TPSA) is 124 Å². The Morgan fingerprint density at radius 1 is 0.536 bits per heavy atom. The third-order valence-corrected chi connectivity index (χ3v) is 4.07. The van der Waals surface area contributed by atoms with Crippen LogP contribution in [-0.2, 0) is 9.47 Å². The van der Waals surface area contributed by atoms with Crippen LogP contribution in [0.4, 0.5) is 19.2 Å². The van der Waals surface area contributed by atoms with E-state index in [0.717, 1.165) is 0 Å². The van der Waals surface area contributed by atoms with Gasteiger partial charge in [-0.1, -0.05) is 24.3 Å². The van der Waals surface area contributed by atoms with Gasteiger partial charge in [0.15, 0.2) is 11.5 Å². The molecule has 0 aromatic heterocycles. The number of fused-ring (bicyclic) bond motifs is 9. The van der Waals surface area contributed by atoms with Gasteiger partial charge in [0, 0.05) is 16.8 Å². The molecule has 10 nitrogen and oxygen atoms in total. The van der Waals surface area contributed by atoms with Gasteiger partial charge in [-0.3, -0.25) is 0 Å². The molecule has 2 bridgehead atoms. The quantitative estimate of drug-likeness (QED) is 0.243. The summed E-state index contributed by atoms with van der Waals surface area (Å²) in [5, 5.41) is 1.46. The van der Waals surface area contributed by atoms with Gasteiger partial charge in [0.1, 0.15) is 11.5 Å². The second kappa shape index (κ2) is 5.58. The Kier molecular flexibility index (Phi) is 3.16. The number of hydrogen-bond acceptors (Lipinski definition) is 10. The van der Waals surface area contributed by atoms with Crippen LogP contribution in [0.1, 0.15) is 0 Å². The molecule has 28 heavy (non-hydrogen) atoms. The van der Waals surface area contributed by atoms with Crippen LogP contribution < -0.4 is 18.9 Å². The summed E-state index contributed by atoms with van der Waals surface area (Å²) in [7, 11) is 0. The molecule has 0 saturated heterocycles. The van der Waals surface area contributed by atoms with Crippen molar-refractivity contribution in [3.63, 3.8) is 0 Å². The second-order valence-electron chi connectivity index (χ2n) is 5.66. The molecule has 0 aliphatic carbocycles. The lowest BCUT2D eigenvalue weighted by Crippen LogP contribution is -2.21. The van der Waals surface area contributed by atoms with Crippen LogP contribution in [0.25, 0.3) is 21.5 Å². The van der Waals surface area contributed by atoms with Crippen molar-refractivity contribution in [1.82, 2.24) is 0 Å². The van der Waals surface area contributed by atoms with Crippen LogP contribution in [0.2, 0.25) is 0 Å². The van der Waals surface area contributed by atoms with E-state index in [1.54, 1.807) is 24.3 Å². The molecule has 5 rings (SSSR count). The number of ether oxygens (including phenoxy) is 6. The molecule has 3 aromatic rings. The summed E-state index contributed by atoms with van der Waals surface area (Å²) in [6.07, 6.45) is -5.21. The van der Waals surface area contributed by atoms with Gasteiger partial charge in [-0.2, -0.15) is 0 Å². The summed E-state index contributed by atoms with van der Waals surface area (Å²) in [4.78, 5) is 46.8. The Balaban J connectivity index is 1.95. The minimum atomic E-state index is -1.35. The minimum absolute atomic E-state index is 0.0262. The number of carbonyl (C=O) groups excluding carboxylic acids is 4. The van der Waals surface area contributed by atoms with E-state index in [4.69, 9.17) is 18.9 Å². The Morgan fingerprint density at radius 3 is 1.89 bits per heavy atom. The smallest absolute Gasteiger partial charge is 0.394 e. The first kappa shape index (κ1) is 15.9. The Labute approximate surface area is 154 Å². The molecule has 3 aromatic carbocycles. The van der Waals surface area contributed by atoms with Crippen molar-refractivity contribution >= 4 is 46.2 Å². The van der Waals surface area contributed by atoms with Crippen molar-refractivity contribution in [1.29, 1.82) is 0 Å². The molecule has 10 heteroatoms. The van der Waals surface area contributed by atoms with Gasteiger partial charge >= 0.3 is 24.6 Å². The van der Waals surface area contributed by atoms with Crippen LogP contribution in [-0.4, -0.2) is 24.6 Å². The first-order valence-corrected chi connectivity index (χ1v) is 7.75. The molecule has 0 fully saturated rings. The highest BCUT2D eigenvalue weighted by Gasteiger charge is 2.32. The lowest BCUT2D eigenvalue weighted by molar-refractivity contribution is 0.0868. The van der Waals surface area contributed by atoms with Crippen molar-refractivity contribution in [3.05, 3.63) is 36.4 Å². The van der Waals surface area contributed by atoms with E-state index in [-0.39, 0.29) is 28.4 Å². The molecular weight excluding hydrogens is 376 g/mol. The van der Waals surface area contributed by atoms with Crippen LogP contribution >= 0.6 is 0 Å². The Bertz CT molecular complexity index is 1240. The molecule has 0 unspecified atom stereocenters. The molecule has 0 amide bonds. The van der Waals surface area contributed by atoms with Gasteiger partial charge in [-0.15, -0.1) is 0 Å². The molecular formula is C18H6O10. The Hall–Kier alpha value is -4.34. The molecule has 2 aliphatic heterocycles. The van der Waals surface area contributed by atoms with Gasteiger partial charge in [-0.25, -0.2) is 19.2 Å². The molecule has 0 radical (unpaired) electrons. The number of benzene rings is 3. The molecule has 0 N–H and O–H groups in total. The van der Waals surface area contributed by atoms with E-state index in [9.17, 15) is 19.2 Å². The van der Waals surface area contributed by atoms with Gasteiger partial charge in [0.2, 0.25) is 0 Å². The van der Waals surface area contributed by atoms with Crippen molar-refractivity contribution in [2.45, 2.75) is 0 Å². The highest BCUT2D eigenvalue weighted by molar-refractivity contribution is 6.17. The molecule has 2 heterocycles. The highest BCUT2D eigenvalue weighted by Crippen LogP contribution is 2.49. The van der Waals surface area contributed by atoms with E-state index >= 15 is 0 Å². The van der Waals surface area contributed by atoms with Crippen LogP contribution in [0.3, 0.4) is 0 Å². The molecule has 138 valence electrons. The highest BCUT2D eigenvalue weighted by atomic mass is 16.8. The fraction of sp³-hybridized carbons (Fsp3) is 0. The van der Waals surface area contributed by atoms with Crippen molar-refractivity contribution in [2.75, 3.05) is 0 Å². The second-order valence-corrected chi connectivity index (χ2v) is 5.66. The summed E-state index contributed by atoms with van der Waals surface area (Å²) in [6.45, 7) is 0.